The maximum atomic E-state index is 12.4. The van der Waals surface area contributed by atoms with Gasteiger partial charge in [0.2, 0.25) is 0 Å². The molecule has 0 unspecified atom stereocenters. The molecular weight excluding hydrogens is 260 g/mol. The Hall–Kier alpha value is -2.11. The van der Waals surface area contributed by atoms with Gasteiger partial charge in [-0.1, -0.05) is 13.8 Å². The molecule has 1 heterocycles. The molecule has 0 spiro atoms. The number of ketones is 1. The van der Waals surface area contributed by atoms with Gasteiger partial charge in [0.15, 0.2) is 5.78 Å². The number of carboxylic acids is 1. The van der Waals surface area contributed by atoms with Crippen LogP contribution in [0.2, 0.25) is 0 Å². The number of carboxylic acid groups (broad SMARTS) is 1. The third-order valence-corrected chi connectivity index (χ3v) is 2.83. The van der Waals surface area contributed by atoms with Crippen molar-refractivity contribution in [1.82, 2.24) is 9.47 Å². The van der Waals surface area contributed by atoms with Gasteiger partial charge in [-0.2, -0.15) is 0 Å². The summed E-state index contributed by atoms with van der Waals surface area (Å²) in [4.78, 5) is 35.9. The van der Waals surface area contributed by atoms with Crippen LogP contribution in [0.15, 0.2) is 12.3 Å². The van der Waals surface area contributed by atoms with Crippen molar-refractivity contribution in [2.75, 3.05) is 13.1 Å². The van der Waals surface area contributed by atoms with Gasteiger partial charge >= 0.3 is 5.97 Å². The van der Waals surface area contributed by atoms with E-state index in [9.17, 15) is 14.4 Å². The Kier molecular flexibility index (Phi) is 5.07. The molecule has 0 aliphatic heterocycles. The number of aliphatic carboxylic acids is 1. The fraction of sp³-hybridized carbons (Fsp3) is 0.500. The van der Waals surface area contributed by atoms with Crippen LogP contribution >= 0.6 is 0 Å². The minimum atomic E-state index is -1.06. The minimum Gasteiger partial charge on any atom is -0.480 e. The first-order chi connectivity index (χ1) is 9.22. The van der Waals surface area contributed by atoms with Crippen molar-refractivity contribution < 1.29 is 19.5 Å². The van der Waals surface area contributed by atoms with Crippen LogP contribution in [0.3, 0.4) is 0 Å². The molecule has 0 aliphatic carbocycles. The number of aromatic nitrogens is 1. The topological polar surface area (TPSA) is 79.6 Å². The summed E-state index contributed by atoms with van der Waals surface area (Å²) >= 11 is 0. The van der Waals surface area contributed by atoms with Gasteiger partial charge in [-0.3, -0.25) is 14.4 Å². The number of amides is 1. The van der Waals surface area contributed by atoms with Crippen molar-refractivity contribution in [2.45, 2.75) is 20.8 Å². The second kappa shape index (κ2) is 6.36. The Morgan fingerprint density at radius 3 is 2.35 bits per heavy atom. The Bertz CT molecular complexity index is 531. The fourth-order valence-corrected chi connectivity index (χ4v) is 1.95. The Balaban J connectivity index is 3.04. The summed E-state index contributed by atoms with van der Waals surface area (Å²) in [5, 5.41) is 8.90. The first kappa shape index (κ1) is 15.9. The average Bonchev–Trinajstić information content (AvgIpc) is 2.68. The van der Waals surface area contributed by atoms with Crippen LogP contribution in [0, 0.1) is 5.92 Å². The van der Waals surface area contributed by atoms with Gasteiger partial charge in [0.05, 0.1) is 0 Å². The van der Waals surface area contributed by atoms with Crippen LogP contribution in [0.25, 0.3) is 0 Å². The second-order valence-corrected chi connectivity index (χ2v) is 5.25. The number of hydrogen-bond acceptors (Lipinski definition) is 3. The van der Waals surface area contributed by atoms with Gasteiger partial charge in [0.25, 0.3) is 5.91 Å². The highest BCUT2D eigenvalue weighted by Crippen LogP contribution is 2.12. The van der Waals surface area contributed by atoms with Gasteiger partial charge in [-0.05, 0) is 18.9 Å². The van der Waals surface area contributed by atoms with Gasteiger partial charge in [0, 0.05) is 25.4 Å². The van der Waals surface area contributed by atoms with Crippen LogP contribution in [0.1, 0.15) is 41.6 Å². The molecule has 0 atom stereocenters. The van der Waals surface area contributed by atoms with E-state index in [-0.39, 0.29) is 24.2 Å². The molecule has 6 heteroatoms. The highest BCUT2D eigenvalue weighted by atomic mass is 16.4. The molecule has 1 rings (SSSR count). The number of aryl methyl sites for hydroxylation is 1. The molecule has 0 saturated carbocycles. The van der Waals surface area contributed by atoms with Crippen molar-refractivity contribution in [3.63, 3.8) is 0 Å². The highest BCUT2D eigenvalue weighted by Gasteiger charge is 2.22. The summed E-state index contributed by atoms with van der Waals surface area (Å²) in [5.41, 5.74) is 0.757. The monoisotopic (exact) mass is 280 g/mol. The van der Waals surface area contributed by atoms with E-state index in [4.69, 9.17) is 5.11 Å². The molecule has 110 valence electrons. The molecule has 6 nitrogen and oxygen atoms in total. The number of hydrogen-bond donors (Lipinski definition) is 1. The maximum Gasteiger partial charge on any atom is 0.323 e. The molecule has 1 N–H and O–H groups in total. The largest absolute Gasteiger partial charge is 0.480 e. The van der Waals surface area contributed by atoms with Crippen molar-refractivity contribution in [2.24, 2.45) is 13.0 Å². The normalized spacial score (nSPS) is 10.7. The predicted octanol–water partition coefficient (Wildman–Crippen LogP) is 1.41. The van der Waals surface area contributed by atoms with Crippen LogP contribution in [0.4, 0.5) is 0 Å². The fourth-order valence-electron chi connectivity index (χ4n) is 1.95. The summed E-state index contributed by atoms with van der Waals surface area (Å²) in [6.07, 6.45) is 1.57. The molecule has 0 bridgehead atoms. The molecule has 0 radical (unpaired) electrons. The summed E-state index contributed by atoms with van der Waals surface area (Å²) < 4.78 is 1.55. The van der Waals surface area contributed by atoms with Crippen molar-refractivity contribution in [1.29, 1.82) is 0 Å². The number of carbonyl (C=O) groups excluding carboxylic acids is 2. The van der Waals surface area contributed by atoms with Gasteiger partial charge in [-0.15, -0.1) is 0 Å². The van der Waals surface area contributed by atoms with Gasteiger partial charge < -0.3 is 14.6 Å². The summed E-state index contributed by atoms with van der Waals surface area (Å²) in [5.74, 6) is -1.41. The molecule has 0 aliphatic rings. The lowest BCUT2D eigenvalue weighted by Gasteiger charge is -2.22. The van der Waals surface area contributed by atoms with E-state index in [1.807, 2.05) is 13.8 Å². The quantitative estimate of drug-likeness (QED) is 0.799. The zero-order chi connectivity index (χ0) is 15.4. The number of carbonyl (C=O) groups is 3. The lowest BCUT2D eigenvalue weighted by Crippen LogP contribution is -2.39. The maximum absolute atomic E-state index is 12.4. The van der Waals surface area contributed by atoms with E-state index in [0.29, 0.717) is 17.8 Å². The Morgan fingerprint density at radius 2 is 1.95 bits per heavy atom. The summed E-state index contributed by atoms with van der Waals surface area (Å²) in [6, 6.07) is 1.50. The predicted molar refractivity (Wildman–Crippen MR) is 73.8 cm³/mol. The van der Waals surface area contributed by atoms with E-state index < -0.39 is 5.97 Å². The SMILES string of the molecule is CC(=O)c1cc(C(=O)N(CC(=O)O)CC(C)C)n(C)c1. The zero-order valence-electron chi connectivity index (χ0n) is 12.2. The highest BCUT2D eigenvalue weighted by molar-refractivity contribution is 6.00. The number of rotatable bonds is 6. The standard InChI is InChI=1S/C14H20N2O4/c1-9(2)6-16(8-13(18)19)14(20)12-5-11(10(3)17)7-15(12)4/h5,7,9H,6,8H2,1-4H3,(H,18,19). The Morgan fingerprint density at radius 1 is 1.35 bits per heavy atom. The zero-order valence-corrected chi connectivity index (χ0v) is 12.2. The lowest BCUT2D eigenvalue weighted by molar-refractivity contribution is -0.137. The third-order valence-electron chi connectivity index (χ3n) is 2.83. The molecular formula is C14H20N2O4. The molecule has 1 aromatic rings. The van der Waals surface area contributed by atoms with Crippen molar-refractivity contribution >= 4 is 17.7 Å². The Labute approximate surface area is 118 Å². The van der Waals surface area contributed by atoms with E-state index >= 15 is 0 Å². The van der Waals surface area contributed by atoms with Crippen LogP contribution in [0.5, 0.6) is 0 Å². The molecule has 0 saturated heterocycles. The van der Waals surface area contributed by atoms with Crippen LogP contribution in [-0.4, -0.2) is 45.3 Å². The number of Topliss-reactive ketones (excluding diaryl/α,β-unsaturated/α-hetero) is 1. The third kappa shape index (κ3) is 3.94. The van der Waals surface area contributed by atoms with Gasteiger partial charge in [0.1, 0.15) is 12.2 Å². The van der Waals surface area contributed by atoms with E-state index in [1.54, 1.807) is 17.8 Å². The smallest absolute Gasteiger partial charge is 0.323 e. The first-order valence-corrected chi connectivity index (χ1v) is 6.40. The first-order valence-electron chi connectivity index (χ1n) is 6.40. The van der Waals surface area contributed by atoms with Crippen LogP contribution in [-0.2, 0) is 11.8 Å². The summed E-state index contributed by atoms with van der Waals surface area (Å²) in [6.45, 7) is 5.25. The average molecular weight is 280 g/mol. The van der Waals surface area contributed by atoms with E-state index in [1.165, 1.54) is 17.9 Å². The molecule has 0 fully saturated rings. The molecule has 1 aromatic heterocycles. The van der Waals surface area contributed by atoms with Crippen molar-refractivity contribution in [3.8, 4) is 0 Å². The van der Waals surface area contributed by atoms with Crippen molar-refractivity contribution in [3.05, 3.63) is 23.5 Å². The molecule has 0 aromatic carbocycles. The summed E-state index contributed by atoms with van der Waals surface area (Å²) in [7, 11) is 1.66. The van der Waals surface area contributed by atoms with E-state index in [0.717, 1.165) is 0 Å². The minimum absolute atomic E-state index is 0.131. The number of nitrogens with zero attached hydrogens (tertiary/aromatic N) is 2. The second-order valence-electron chi connectivity index (χ2n) is 5.25. The lowest BCUT2D eigenvalue weighted by atomic mass is 10.2. The van der Waals surface area contributed by atoms with Gasteiger partial charge in [-0.25, -0.2) is 0 Å². The van der Waals surface area contributed by atoms with E-state index in [2.05, 4.69) is 0 Å². The molecule has 20 heavy (non-hydrogen) atoms. The van der Waals surface area contributed by atoms with Crippen LogP contribution < -0.4 is 0 Å². The molecule has 1 amide bonds.